The Morgan fingerprint density at radius 1 is 0.646 bits per heavy atom. The summed E-state index contributed by atoms with van der Waals surface area (Å²) < 4.78 is 17.5. The molecule has 5 N–H and O–H groups in total. The highest BCUT2D eigenvalue weighted by Gasteiger charge is 2.38. The summed E-state index contributed by atoms with van der Waals surface area (Å²) in [6.07, 6.45) is 1.50. The fourth-order valence-corrected chi connectivity index (χ4v) is 10.7. The standard InChI is InChI=1S/C16H19ClIN3O.C16H19FIN3O.C11H7IO3.C10H6INO3.C6H16N2/c2*1-3-21(4-2)8-7-19-16(22)13-10-15(17)20-14-6-5-11(18)9-12(13)14;12-7-2-1-6-3-8(13)5-10(11(14)15)9(6)4-7;1-5(13)12-8-3-2-6(11)4-7(8)9(14)10(12)15;1-3-8(4-2)6-5-7/h2*5-6,9-10H,3-4,7-8H2,1-2H3,(H,19,22);1-2,4-5H,3H2,(H,14,15);2-4H,1H3;3-7H2,1-2H3. The number of carboxylic acids is 1. The van der Waals surface area contributed by atoms with Crippen LogP contribution in [0, 0.1) is 20.2 Å². The van der Waals surface area contributed by atoms with Gasteiger partial charge in [-0.2, -0.15) is 4.39 Å². The number of amides is 4. The number of hydrogen-bond donors (Lipinski definition) is 4. The highest BCUT2D eigenvalue weighted by molar-refractivity contribution is 14.1. The number of fused-ring (bicyclic) bond motifs is 4. The van der Waals surface area contributed by atoms with Gasteiger partial charge in [-0.15, -0.1) is 0 Å². The van der Waals surface area contributed by atoms with E-state index in [0.29, 0.717) is 63.5 Å². The van der Waals surface area contributed by atoms with Gasteiger partial charge in [-0.1, -0.05) is 59.2 Å². The van der Waals surface area contributed by atoms with Crippen molar-refractivity contribution in [3.05, 3.63) is 144 Å². The topological polar surface area (TPSA) is 229 Å². The SMILES string of the molecule is CC(=O)N1C(=O)C(=O)c2cc(I)ccc21.CCN(CC)CCN.CCN(CC)CCNC(=O)c1cc(Cl)nc2ccc(I)cc12.CCN(CC)CCNC(=O)c1cc(F)nc2ccc(I)cc12.O=C1C=C(C(=O)O)c2cc(I)ccc2C1. The Kier molecular flexibility index (Phi) is 29.7. The van der Waals surface area contributed by atoms with Crippen LogP contribution < -0.4 is 21.3 Å². The zero-order valence-electron chi connectivity index (χ0n) is 46.7. The number of ketones is 2. The van der Waals surface area contributed by atoms with Gasteiger partial charge in [-0.05, 0) is 220 Å². The third kappa shape index (κ3) is 20.5. The van der Waals surface area contributed by atoms with E-state index in [-0.39, 0.29) is 23.2 Å². The van der Waals surface area contributed by atoms with Gasteiger partial charge in [0.25, 0.3) is 17.6 Å². The minimum absolute atomic E-state index is 0.0970. The molecule has 4 amide bonds. The normalized spacial score (nSPS) is 12.3. The number of carbonyl (C=O) groups is 7. The Morgan fingerprint density at radius 3 is 1.57 bits per heavy atom. The predicted molar refractivity (Wildman–Crippen MR) is 356 cm³/mol. The van der Waals surface area contributed by atoms with E-state index in [1.807, 2.05) is 65.1 Å². The van der Waals surface area contributed by atoms with E-state index in [2.05, 4.69) is 145 Å². The van der Waals surface area contributed by atoms with Gasteiger partial charge in [0.1, 0.15) is 5.15 Å². The van der Waals surface area contributed by atoms with Crippen LogP contribution in [0.25, 0.3) is 27.4 Å². The number of anilines is 1. The molecule has 1 aliphatic carbocycles. The molecule has 17 nitrogen and oxygen atoms in total. The Morgan fingerprint density at radius 2 is 1.10 bits per heavy atom. The van der Waals surface area contributed by atoms with Crippen molar-refractivity contribution in [3.63, 3.8) is 0 Å². The number of likely N-dealkylation sites (N-methyl/N-ethyl adjacent to an activating group) is 3. The zero-order chi connectivity index (χ0) is 60.8. The summed E-state index contributed by atoms with van der Waals surface area (Å²) in [5, 5.41) is 16.6. The lowest BCUT2D eigenvalue weighted by Gasteiger charge is -2.18. The van der Waals surface area contributed by atoms with Crippen LogP contribution in [0.3, 0.4) is 0 Å². The fraction of sp³-hybridized carbons (Fsp3) is 0.339. The number of allylic oxidation sites excluding steroid dienone is 1. The number of hydrogen-bond acceptors (Lipinski definition) is 13. The van der Waals surface area contributed by atoms with Crippen molar-refractivity contribution in [2.75, 3.05) is 83.4 Å². The molecular weight excluding hydrogens is 1520 g/mol. The molecule has 6 aromatic rings. The number of imide groups is 1. The molecule has 438 valence electrons. The molecule has 0 saturated carbocycles. The third-order valence-electron chi connectivity index (χ3n) is 12.9. The highest BCUT2D eigenvalue weighted by atomic mass is 127. The first kappa shape index (κ1) is 69.8. The van der Waals surface area contributed by atoms with E-state index in [1.165, 1.54) is 19.1 Å². The molecule has 0 bridgehead atoms. The van der Waals surface area contributed by atoms with Gasteiger partial charge in [0.05, 0.1) is 39.0 Å². The molecule has 82 heavy (non-hydrogen) atoms. The quantitative estimate of drug-likeness (QED) is 0.0379. The molecule has 2 aliphatic rings. The summed E-state index contributed by atoms with van der Waals surface area (Å²) in [7, 11) is 0. The van der Waals surface area contributed by atoms with E-state index < -0.39 is 29.5 Å². The maximum atomic E-state index is 13.6. The van der Waals surface area contributed by atoms with Crippen molar-refractivity contribution in [1.29, 1.82) is 0 Å². The molecule has 23 heteroatoms. The summed E-state index contributed by atoms with van der Waals surface area (Å²) >= 11 is 14.6. The summed E-state index contributed by atoms with van der Waals surface area (Å²) in [6, 6.07) is 24.5. The molecule has 2 aromatic heterocycles. The number of nitrogens with zero attached hydrogens (tertiary/aromatic N) is 6. The highest BCUT2D eigenvalue weighted by Crippen LogP contribution is 2.31. The van der Waals surface area contributed by atoms with Crippen LogP contribution in [0.5, 0.6) is 0 Å². The number of carbonyl (C=O) groups excluding carboxylic acids is 6. The summed E-state index contributed by atoms with van der Waals surface area (Å²) in [4.78, 5) is 97.0. The van der Waals surface area contributed by atoms with E-state index in [4.69, 9.17) is 22.4 Å². The van der Waals surface area contributed by atoms with Crippen molar-refractivity contribution in [3.8, 4) is 0 Å². The third-order valence-corrected chi connectivity index (χ3v) is 15.8. The van der Waals surface area contributed by atoms with Gasteiger partial charge in [0.2, 0.25) is 11.9 Å². The molecule has 0 unspecified atom stereocenters. The number of benzene rings is 4. The minimum Gasteiger partial charge on any atom is -0.478 e. The van der Waals surface area contributed by atoms with Crippen LogP contribution in [0.1, 0.15) is 90.7 Å². The number of aliphatic carboxylic acids is 1. The van der Waals surface area contributed by atoms with Crippen molar-refractivity contribution < 1.29 is 43.1 Å². The van der Waals surface area contributed by atoms with Gasteiger partial charge in [0, 0.05) is 83.7 Å². The second-order valence-electron chi connectivity index (χ2n) is 18.1. The van der Waals surface area contributed by atoms with Crippen LogP contribution >= 0.6 is 102 Å². The molecule has 0 spiro atoms. The summed E-state index contributed by atoms with van der Waals surface area (Å²) in [5.74, 6) is -4.02. The lowest BCUT2D eigenvalue weighted by atomic mass is 9.90. The Hall–Kier alpha value is -4.69. The summed E-state index contributed by atoms with van der Waals surface area (Å²) in [6.45, 7) is 24.6. The maximum Gasteiger partial charge on any atom is 0.336 e. The Labute approximate surface area is 537 Å². The fourth-order valence-electron chi connectivity index (χ4n) is 8.49. The number of halogens is 6. The Bertz CT molecular complexity index is 3190. The van der Waals surface area contributed by atoms with Crippen LogP contribution in [0.2, 0.25) is 5.15 Å². The summed E-state index contributed by atoms with van der Waals surface area (Å²) in [5.41, 5.74) is 9.73. The van der Waals surface area contributed by atoms with Gasteiger partial charge in [0.15, 0.2) is 5.78 Å². The molecule has 3 heterocycles. The predicted octanol–water partition coefficient (Wildman–Crippen LogP) is 10.2. The van der Waals surface area contributed by atoms with Gasteiger partial charge >= 0.3 is 11.9 Å². The zero-order valence-corrected chi connectivity index (χ0v) is 56.1. The number of rotatable bonds is 17. The maximum absolute atomic E-state index is 13.6. The van der Waals surface area contributed by atoms with Crippen LogP contribution in [-0.2, 0) is 25.6 Å². The smallest absolute Gasteiger partial charge is 0.336 e. The van der Waals surface area contributed by atoms with Crippen LogP contribution in [0.4, 0.5) is 10.1 Å². The molecule has 1 aliphatic heterocycles. The first-order valence-electron chi connectivity index (χ1n) is 26.4. The Balaban J connectivity index is 0.000000228. The lowest BCUT2D eigenvalue weighted by Crippen LogP contribution is -2.34. The average Bonchev–Trinajstić information content (AvgIpc) is 3.97. The number of nitrogens with two attached hydrogens (primary N) is 1. The van der Waals surface area contributed by atoms with Crippen LogP contribution in [-0.4, -0.2) is 149 Å². The van der Waals surface area contributed by atoms with Crippen molar-refractivity contribution in [2.24, 2.45) is 5.73 Å². The van der Waals surface area contributed by atoms with Crippen LogP contribution in [0.15, 0.2) is 91.0 Å². The number of aromatic nitrogens is 2. The lowest BCUT2D eigenvalue weighted by molar-refractivity contribution is -0.130. The van der Waals surface area contributed by atoms with Gasteiger partial charge in [-0.25, -0.2) is 19.7 Å². The largest absolute Gasteiger partial charge is 0.478 e. The number of Topliss-reactive ketones (excluding diaryl/α,β-unsaturated/α-hetero) is 1. The number of carboxylic acid groups (broad SMARTS) is 1. The van der Waals surface area contributed by atoms with Gasteiger partial charge < -0.3 is 36.2 Å². The van der Waals surface area contributed by atoms with E-state index in [0.717, 1.165) is 101 Å². The molecular formula is C59H67ClFI4N9O8. The minimum atomic E-state index is -1.05. The van der Waals surface area contributed by atoms with Crippen molar-refractivity contribution in [1.82, 2.24) is 35.3 Å². The van der Waals surface area contributed by atoms with Crippen molar-refractivity contribution in [2.45, 2.75) is 54.9 Å². The van der Waals surface area contributed by atoms with E-state index in [9.17, 15) is 38.0 Å². The first-order chi connectivity index (χ1) is 39.0. The molecule has 0 atom stereocenters. The van der Waals surface area contributed by atoms with E-state index >= 15 is 0 Å². The monoisotopic (exact) mass is 1590 g/mol. The second kappa shape index (κ2) is 34.9. The molecule has 8 rings (SSSR count). The molecule has 0 saturated heterocycles. The number of nitrogens with one attached hydrogen (secondary N) is 2. The molecule has 0 fully saturated rings. The van der Waals surface area contributed by atoms with E-state index in [1.54, 1.807) is 36.4 Å². The van der Waals surface area contributed by atoms with Gasteiger partial charge in [-0.3, -0.25) is 28.8 Å². The number of pyridine rings is 2. The molecule has 0 radical (unpaired) electrons. The second-order valence-corrected chi connectivity index (χ2v) is 23.5. The van der Waals surface area contributed by atoms with Crippen molar-refractivity contribution >= 4 is 176 Å². The molecule has 4 aromatic carbocycles. The first-order valence-corrected chi connectivity index (χ1v) is 31.1. The average molecular weight is 1590 g/mol.